The number of H-pyrrole nitrogens is 1. The van der Waals surface area contributed by atoms with Crippen molar-refractivity contribution in [1.29, 1.82) is 0 Å². The minimum atomic E-state index is -0.0775. The van der Waals surface area contributed by atoms with E-state index in [4.69, 9.17) is 4.42 Å². The van der Waals surface area contributed by atoms with Gasteiger partial charge >= 0.3 is 0 Å². The standard InChI is InChI=1S/C28H30N6O2/c1-3-25(27-30-31-32-34(27)19-24-13-8-16-36-24)33(15-14-21-10-5-4-6-11-21)18-23-17-22-12-7-9-20(2)26(22)29-28(23)35/h4-13,16-17,25H,3,14-15,18-19H2,1-2H3,(H,29,35)/t25-/m0/s1. The average molecular weight is 483 g/mol. The summed E-state index contributed by atoms with van der Waals surface area (Å²) in [7, 11) is 0. The fraction of sp³-hybridized carbons (Fsp3) is 0.286. The van der Waals surface area contributed by atoms with Gasteiger partial charge in [0.1, 0.15) is 12.3 Å². The van der Waals surface area contributed by atoms with Gasteiger partial charge in [0.25, 0.3) is 5.56 Å². The van der Waals surface area contributed by atoms with Gasteiger partial charge in [0.2, 0.25) is 0 Å². The summed E-state index contributed by atoms with van der Waals surface area (Å²) in [5, 5.41) is 13.6. The molecule has 1 atom stereocenters. The minimum absolute atomic E-state index is 0.0634. The van der Waals surface area contributed by atoms with Crippen LogP contribution < -0.4 is 5.56 Å². The van der Waals surface area contributed by atoms with E-state index in [0.29, 0.717) is 13.1 Å². The first-order valence-corrected chi connectivity index (χ1v) is 12.3. The third-order valence-electron chi connectivity index (χ3n) is 6.64. The quantitative estimate of drug-likeness (QED) is 0.311. The van der Waals surface area contributed by atoms with E-state index in [1.165, 1.54) is 5.56 Å². The zero-order valence-electron chi connectivity index (χ0n) is 20.6. The van der Waals surface area contributed by atoms with Crippen LogP contribution in [0.4, 0.5) is 0 Å². The average Bonchev–Trinajstić information content (AvgIpc) is 3.57. The molecule has 3 heterocycles. The lowest BCUT2D eigenvalue weighted by Gasteiger charge is -2.30. The van der Waals surface area contributed by atoms with Crippen molar-refractivity contribution in [3.63, 3.8) is 0 Å². The third kappa shape index (κ3) is 5.13. The summed E-state index contributed by atoms with van der Waals surface area (Å²) in [6, 6.07) is 22.2. The second kappa shape index (κ2) is 10.7. The molecule has 0 amide bonds. The van der Waals surface area contributed by atoms with Gasteiger partial charge in [-0.05, 0) is 64.9 Å². The lowest BCUT2D eigenvalue weighted by molar-refractivity contribution is 0.172. The Morgan fingerprint density at radius 3 is 2.72 bits per heavy atom. The number of rotatable bonds is 10. The highest BCUT2D eigenvalue weighted by Crippen LogP contribution is 2.25. The molecule has 184 valence electrons. The van der Waals surface area contributed by atoms with Crippen LogP contribution in [0.5, 0.6) is 0 Å². The molecule has 8 nitrogen and oxygen atoms in total. The normalized spacial score (nSPS) is 12.4. The monoisotopic (exact) mass is 482 g/mol. The van der Waals surface area contributed by atoms with Gasteiger partial charge in [-0.3, -0.25) is 9.69 Å². The molecule has 0 aliphatic rings. The molecule has 5 rings (SSSR count). The maximum absolute atomic E-state index is 13.1. The third-order valence-corrected chi connectivity index (χ3v) is 6.64. The molecule has 0 fully saturated rings. The van der Waals surface area contributed by atoms with E-state index in [0.717, 1.165) is 53.0 Å². The van der Waals surface area contributed by atoms with Crippen LogP contribution in [0.1, 0.15) is 47.7 Å². The number of aryl methyl sites for hydroxylation is 1. The predicted octanol–water partition coefficient (Wildman–Crippen LogP) is 4.66. The summed E-state index contributed by atoms with van der Waals surface area (Å²) < 4.78 is 7.32. The van der Waals surface area contributed by atoms with E-state index < -0.39 is 0 Å². The van der Waals surface area contributed by atoms with Crippen LogP contribution in [0.25, 0.3) is 10.9 Å². The summed E-state index contributed by atoms with van der Waals surface area (Å²) in [5.74, 6) is 1.55. The lowest BCUT2D eigenvalue weighted by Crippen LogP contribution is -2.34. The summed E-state index contributed by atoms with van der Waals surface area (Å²) >= 11 is 0. The maximum Gasteiger partial charge on any atom is 0.252 e. The molecular formula is C28H30N6O2. The van der Waals surface area contributed by atoms with E-state index in [1.807, 2.05) is 49.4 Å². The van der Waals surface area contributed by atoms with Gasteiger partial charge in [-0.15, -0.1) is 5.10 Å². The Labute approximate surface area is 209 Å². The molecule has 0 radical (unpaired) electrons. The molecule has 3 aromatic heterocycles. The molecule has 8 heteroatoms. The number of nitrogens with zero attached hydrogens (tertiary/aromatic N) is 5. The second-order valence-electron chi connectivity index (χ2n) is 9.07. The molecule has 2 aromatic carbocycles. The smallest absolute Gasteiger partial charge is 0.252 e. The van der Waals surface area contributed by atoms with E-state index in [9.17, 15) is 4.79 Å². The van der Waals surface area contributed by atoms with Crippen LogP contribution in [0, 0.1) is 6.92 Å². The number of hydrogen-bond acceptors (Lipinski definition) is 6. The van der Waals surface area contributed by atoms with Gasteiger partial charge in [0.05, 0.1) is 17.8 Å². The van der Waals surface area contributed by atoms with Gasteiger partial charge in [0.15, 0.2) is 5.82 Å². The number of hydrogen-bond donors (Lipinski definition) is 1. The zero-order valence-corrected chi connectivity index (χ0v) is 20.6. The zero-order chi connectivity index (χ0) is 24.9. The summed E-state index contributed by atoms with van der Waals surface area (Å²) in [5.41, 5.74) is 3.85. The molecule has 0 unspecified atom stereocenters. The van der Waals surface area contributed by atoms with Crippen LogP contribution >= 0.6 is 0 Å². The van der Waals surface area contributed by atoms with Crippen LogP contribution in [-0.4, -0.2) is 36.6 Å². The Balaban J connectivity index is 1.48. The summed E-state index contributed by atoms with van der Waals surface area (Å²) in [4.78, 5) is 18.5. The highest BCUT2D eigenvalue weighted by atomic mass is 16.3. The van der Waals surface area contributed by atoms with Gasteiger partial charge < -0.3 is 9.40 Å². The summed E-state index contributed by atoms with van der Waals surface area (Å²) in [6.07, 6.45) is 3.29. The number of benzene rings is 2. The molecule has 0 saturated heterocycles. The number of fused-ring (bicyclic) bond motifs is 1. The van der Waals surface area contributed by atoms with E-state index in [2.05, 4.69) is 56.6 Å². The molecule has 0 aliphatic carbocycles. The van der Waals surface area contributed by atoms with Gasteiger partial charge in [-0.1, -0.05) is 55.5 Å². The van der Waals surface area contributed by atoms with Gasteiger partial charge in [-0.2, -0.15) is 0 Å². The van der Waals surface area contributed by atoms with Crippen molar-refractivity contribution >= 4 is 10.9 Å². The first kappa shape index (κ1) is 23.7. The van der Waals surface area contributed by atoms with Crippen LogP contribution in [0.3, 0.4) is 0 Å². The molecule has 5 aromatic rings. The highest BCUT2D eigenvalue weighted by Gasteiger charge is 2.26. The Hall–Kier alpha value is -4.04. The number of nitrogens with one attached hydrogen (secondary N) is 1. The molecule has 36 heavy (non-hydrogen) atoms. The number of para-hydroxylation sites is 1. The topological polar surface area (TPSA) is 92.8 Å². The molecule has 0 saturated carbocycles. The molecular weight excluding hydrogens is 452 g/mol. The second-order valence-corrected chi connectivity index (χ2v) is 9.07. The fourth-order valence-corrected chi connectivity index (χ4v) is 4.74. The first-order valence-electron chi connectivity index (χ1n) is 12.3. The minimum Gasteiger partial charge on any atom is -0.467 e. The van der Waals surface area contributed by atoms with Crippen molar-refractivity contribution in [3.8, 4) is 0 Å². The molecule has 0 aliphatic heterocycles. The van der Waals surface area contributed by atoms with Crippen LogP contribution in [0.15, 0.2) is 82.2 Å². The number of furan rings is 1. The van der Waals surface area contributed by atoms with E-state index in [-0.39, 0.29) is 11.6 Å². The summed E-state index contributed by atoms with van der Waals surface area (Å²) in [6.45, 7) is 5.82. The van der Waals surface area contributed by atoms with E-state index in [1.54, 1.807) is 10.9 Å². The number of pyridine rings is 1. The number of aromatic nitrogens is 5. The first-order chi connectivity index (χ1) is 17.6. The van der Waals surface area contributed by atoms with Gasteiger partial charge in [-0.25, -0.2) is 4.68 Å². The van der Waals surface area contributed by atoms with Crippen molar-refractivity contribution in [2.75, 3.05) is 6.54 Å². The Morgan fingerprint density at radius 2 is 1.94 bits per heavy atom. The van der Waals surface area contributed by atoms with Gasteiger partial charge in [0, 0.05) is 18.7 Å². The van der Waals surface area contributed by atoms with Crippen molar-refractivity contribution in [3.05, 3.63) is 112 Å². The lowest BCUT2D eigenvalue weighted by atomic mass is 10.1. The Bertz CT molecular complexity index is 1470. The highest BCUT2D eigenvalue weighted by molar-refractivity contribution is 5.81. The number of aromatic amines is 1. The van der Waals surface area contributed by atoms with Crippen molar-refractivity contribution in [2.24, 2.45) is 0 Å². The maximum atomic E-state index is 13.1. The molecule has 1 N–H and O–H groups in total. The Morgan fingerprint density at radius 1 is 1.08 bits per heavy atom. The van der Waals surface area contributed by atoms with E-state index >= 15 is 0 Å². The predicted molar refractivity (Wildman–Crippen MR) is 139 cm³/mol. The Kier molecular flexibility index (Phi) is 7.04. The number of tetrazole rings is 1. The fourth-order valence-electron chi connectivity index (χ4n) is 4.74. The van der Waals surface area contributed by atoms with Crippen LogP contribution in [-0.2, 0) is 19.5 Å². The molecule has 0 bridgehead atoms. The molecule has 0 spiro atoms. The largest absolute Gasteiger partial charge is 0.467 e. The van der Waals surface area contributed by atoms with Crippen LogP contribution in [0.2, 0.25) is 0 Å². The van der Waals surface area contributed by atoms with Crippen molar-refractivity contribution in [2.45, 2.75) is 45.8 Å². The van der Waals surface area contributed by atoms with Crippen molar-refractivity contribution in [1.82, 2.24) is 30.1 Å². The van der Waals surface area contributed by atoms with Crippen molar-refractivity contribution < 1.29 is 4.42 Å². The SMILES string of the molecule is CC[C@@H](c1nnnn1Cc1ccco1)N(CCc1ccccc1)Cc1cc2cccc(C)c2[nH]c1=O.